The Morgan fingerprint density at radius 3 is 2.94 bits per heavy atom. The third-order valence-electron chi connectivity index (χ3n) is 1.88. The largest absolute Gasteiger partial charge is 0.477 e. The Bertz CT molecular complexity index is 373. The van der Waals surface area contributed by atoms with Crippen LogP contribution in [0.5, 0.6) is 0 Å². The lowest BCUT2D eigenvalue weighted by atomic mass is 10.3. The van der Waals surface area contributed by atoms with E-state index in [1.54, 1.807) is 11.4 Å². The fourth-order valence-electron chi connectivity index (χ4n) is 1.08. The number of carbonyl (C=O) groups is 2. The number of rotatable bonds is 6. The average molecular weight is 260 g/mol. The van der Waals surface area contributed by atoms with Gasteiger partial charge in [-0.1, -0.05) is 0 Å². The normalized spacial score (nSPS) is 10.1. The number of hydrogen-bond donors (Lipinski definition) is 1. The first-order valence-corrected chi connectivity index (χ1v) is 6.62. The number of thiophene rings is 1. The molecule has 0 unspecified atom stereocenters. The third-order valence-corrected chi connectivity index (χ3v) is 3.83. The number of methoxy groups -OCH3 is 1. The molecule has 1 N–H and O–H groups in total. The monoisotopic (exact) mass is 260 g/mol. The zero-order valence-corrected chi connectivity index (χ0v) is 10.4. The Kier molecular flexibility index (Phi) is 5.34. The molecule has 1 rings (SSSR count). The number of aromatic carboxylic acids is 1. The van der Waals surface area contributed by atoms with Crippen LogP contribution in [-0.4, -0.2) is 29.9 Å². The Balaban J connectivity index is 2.34. The van der Waals surface area contributed by atoms with E-state index in [2.05, 4.69) is 4.74 Å². The maximum absolute atomic E-state index is 10.8. The van der Waals surface area contributed by atoms with E-state index in [0.717, 1.165) is 5.56 Å². The summed E-state index contributed by atoms with van der Waals surface area (Å²) < 4.78 is 4.51. The minimum Gasteiger partial charge on any atom is -0.477 e. The standard InChI is InChI=1S/C10H12O4S2/c1-14-8(11)3-4-15-6-7-2-5-16-9(7)10(12)13/h2,5H,3-4,6H2,1H3,(H,12,13). The van der Waals surface area contributed by atoms with Gasteiger partial charge < -0.3 is 9.84 Å². The average Bonchev–Trinajstić information content (AvgIpc) is 2.72. The maximum atomic E-state index is 10.8. The maximum Gasteiger partial charge on any atom is 0.346 e. The van der Waals surface area contributed by atoms with Crippen LogP contribution >= 0.6 is 23.1 Å². The lowest BCUT2D eigenvalue weighted by Crippen LogP contribution is -2.01. The van der Waals surface area contributed by atoms with Crippen molar-refractivity contribution < 1.29 is 19.4 Å². The second-order valence-corrected chi connectivity index (χ2v) is 4.98. The molecule has 0 aliphatic carbocycles. The smallest absolute Gasteiger partial charge is 0.346 e. The highest BCUT2D eigenvalue weighted by atomic mass is 32.2. The molecule has 1 aromatic heterocycles. The van der Waals surface area contributed by atoms with E-state index < -0.39 is 5.97 Å². The second kappa shape index (κ2) is 6.55. The number of hydrogen-bond acceptors (Lipinski definition) is 5. The van der Waals surface area contributed by atoms with Crippen molar-refractivity contribution in [2.24, 2.45) is 0 Å². The Labute approximate surface area is 102 Å². The molecular weight excluding hydrogens is 248 g/mol. The van der Waals surface area contributed by atoms with E-state index in [1.807, 2.05) is 0 Å². The summed E-state index contributed by atoms with van der Waals surface area (Å²) in [4.78, 5) is 22.0. The Morgan fingerprint density at radius 2 is 2.31 bits per heavy atom. The third kappa shape index (κ3) is 3.86. The van der Waals surface area contributed by atoms with Gasteiger partial charge in [-0.25, -0.2) is 4.79 Å². The van der Waals surface area contributed by atoms with Crippen molar-refractivity contribution in [1.29, 1.82) is 0 Å². The van der Waals surface area contributed by atoms with E-state index in [1.165, 1.54) is 30.2 Å². The predicted molar refractivity (Wildman–Crippen MR) is 64.1 cm³/mol. The summed E-state index contributed by atoms with van der Waals surface area (Å²) in [6, 6.07) is 1.80. The molecule has 16 heavy (non-hydrogen) atoms. The van der Waals surface area contributed by atoms with Gasteiger partial charge >= 0.3 is 11.9 Å². The summed E-state index contributed by atoms with van der Waals surface area (Å²) in [5.41, 5.74) is 0.812. The lowest BCUT2D eigenvalue weighted by Gasteiger charge is -2.00. The second-order valence-electron chi connectivity index (χ2n) is 2.96. The molecule has 0 atom stereocenters. The van der Waals surface area contributed by atoms with Gasteiger partial charge in [0, 0.05) is 11.5 Å². The summed E-state index contributed by atoms with van der Waals surface area (Å²) in [7, 11) is 1.36. The molecule has 4 nitrogen and oxygen atoms in total. The minimum atomic E-state index is -0.890. The van der Waals surface area contributed by atoms with Crippen LogP contribution in [0.4, 0.5) is 0 Å². The van der Waals surface area contributed by atoms with E-state index in [9.17, 15) is 9.59 Å². The van der Waals surface area contributed by atoms with Gasteiger partial charge in [0.05, 0.1) is 13.5 Å². The molecule has 0 bridgehead atoms. The SMILES string of the molecule is COC(=O)CCSCc1ccsc1C(=O)O. The number of ether oxygens (including phenoxy) is 1. The number of carboxylic acids is 1. The summed E-state index contributed by atoms with van der Waals surface area (Å²) in [5.74, 6) is 0.124. The zero-order valence-electron chi connectivity index (χ0n) is 8.76. The molecule has 0 aliphatic heterocycles. The van der Waals surface area contributed by atoms with Crippen LogP contribution in [0.15, 0.2) is 11.4 Å². The molecule has 1 aromatic rings. The van der Waals surface area contributed by atoms with Crippen molar-refractivity contribution in [1.82, 2.24) is 0 Å². The molecule has 0 radical (unpaired) electrons. The van der Waals surface area contributed by atoms with Crippen LogP contribution in [0.1, 0.15) is 21.7 Å². The molecule has 0 amide bonds. The minimum absolute atomic E-state index is 0.240. The van der Waals surface area contributed by atoms with Gasteiger partial charge in [-0.2, -0.15) is 11.8 Å². The molecule has 6 heteroatoms. The molecule has 0 spiro atoms. The number of thioether (sulfide) groups is 1. The number of carboxylic acid groups (broad SMARTS) is 1. The lowest BCUT2D eigenvalue weighted by molar-refractivity contribution is -0.140. The van der Waals surface area contributed by atoms with Crippen LogP contribution in [-0.2, 0) is 15.3 Å². The molecule has 0 saturated carbocycles. The summed E-state index contributed by atoms with van der Waals surface area (Å²) in [6.45, 7) is 0. The fraction of sp³-hybridized carbons (Fsp3) is 0.400. The van der Waals surface area contributed by atoms with Gasteiger partial charge in [0.1, 0.15) is 4.88 Å². The topological polar surface area (TPSA) is 63.6 Å². The summed E-state index contributed by atoms with van der Waals surface area (Å²) >= 11 is 2.75. The van der Waals surface area contributed by atoms with Crippen molar-refractivity contribution in [3.05, 3.63) is 21.9 Å². The van der Waals surface area contributed by atoms with Gasteiger partial charge in [0.25, 0.3) is 0 Å². The first kappa shape index (κ1) is 13.1. The van der Waals surface area contributed by atoms with Crippen molar-refractivity contribution in [2.45, 2.75) is 12.2 Å². The van der Waals surface area contributed by atoms with Gasteiger partial charge in [-0.05, 0) is 17.0 Å². The first-order chi connectivity index (χ1) is 7.65. The number of esters is 1. The Morgan fingerprint density at radius 1 is 1.56 bits per heavy atom. The molecule has 1 heterocycles. The summed E-state index contributed by atoms with van der Waals surface area (Å²) in [6.07, 6.45) is 0.355. The predicted octanol–water partition coefficient (Wildman–Crippen LogP) is 2.24. The van der Waals surface area contributed by atoms with Gasteiger partial charge in [-0.3, -0.25) is 4.79 Å². The molecule has 0 fully saturated rings. The summed E-state index contributed by atoms with van der Waals surface area (Å²) in [5, 5.41) is 10.6. The van der Waals surface area contributed by atoms with Crippen LogP contribution < -0.4 is 0 Å². The molecular formula is C10H12O4S2. The van der Waals surface area contributed by atoms with Crippen molar-refractivity contribution in [2.75, 3.05) is 12.9 Å². The van der Waals surface area contributed by atoms with Crippen LogP contribution in [0.2, 0.25) is 0 Å². The molecule has 0 aromatic carbocycles. The van der Waals surface area contributed by atoms with E-state index in [0.29, 0.717) is 22.8 Å². The van der Waals surface area contributed by atoms with E-state index in [4.69, 9.17) is 5.11 Å². The highest BCUT2D eigenvalue weighted by Crippen LogP contribution is 2.22. The molecule has 0 aliphatic rings. The highest BCUT2D eigenvalue weighted by Gasteiger charge is 2.11. The van der Waals surface area contributed by atoms with Crippen LogP contribution in [0, 0.1) is 0 Å². The quantitative estimate of drug-likeness (QED) is 0.627. The van der Waals surface area contributed by atoms with Gasteiger partial charge in [-0.15, -0.1) is 11.3 Å². The van der Waals surface area contributed by atoms with Crippen LogP contribution in [0.25, 0.3) is 0 Å². The first-order valence-electron chi connectivity index (χ1n) is 4.59. The van der Waals surface area contributed by atoms with Crippen molar-refractivity contribution >= 4 is 35.0 Å². The van der Waals surface area contributed by atoms with Crippen molar-refractivity contribution in [3.63, 3.8) is 0 Å². The highest BCUT2D eigenvalue weighted by molar-refractivity contribution is 7.98. The fourth-order valence-corrected chi connectivity index (χ4v) is 2.84. The van der Waals surface area contributed by atoms with Crippen molar-refractivity contribution in [3.8, 4) is 0 Å². The zero-order chi connectivity index (χ0) is 12.0. The van der Waals surface area contributed by atoms with Gasteiger partial charge in [0.15, 0.2) is 0 Å². The van der Waals surface area contributed by atoms with E-state index in [-0.39, 0.29) is 5.97 Å². The number of carbonyl (C=O) groups excluding carboxylic acids is 1. The van der Waals surface area contributed by atoms with E-state index >= 15 is 0 Å². The molecule has 88 valence electrons. The molecule has 0 saturated heterocycles. The Hall–Kier alpha value is -1.01. The van der Waals surface area contributed by atoms with Crippen LogP contribution in [0.3, 0.4) is 0 Å². The van der Waals surface area contributed by atoms with Gasteiger partial charge in [0.2, 0.25) is 0 Å².